The summed E-state index contributed by atoms with van der Waals surface area (Å²) in [5.41, 5.74) is 3.51. The van der Waals surface area contributed by atoms with E-state index in [9.17, 15) is 14.4 Å². The van der Waals surface area contributed by atoms with E-state index in [4.69, 9.17) is 5.21 Å². The molecule has 37 heavy (non-hydrogen) atoms. The predicted octanol–water partition coefficient (Wildman–Crippen LogP) is 4.67. The summed E-state index contributed by atoms with van der Waals surface area (Å²) in [5, 5.41) is 17.0. The van der Waals surface area contributed by atoms with Crippen LogP contribution in [-0.4, -0.2) is 29.0 Å². The largest absolute Gasteiger partial charge is 0.350 e. The van der Waals surface area contributed by atoms with Crippen molar-refractivity contribution in [3.05, 3.63) is 83.9 Å². The fourth-order valence-electron chi connectivity index (χ4n) is 4.42. The quantitative estimate of drug-likeness (QED) is 0.146. The summed E-state index contributed by atoms with van der Waals surface area (Å²) in [6, 6.07) is 22.8. The van der Waals surface area contributed by atoms with E-state index in [1.54, 1.807) is 5.48 Å². The Balaban J connectivity index is 1.76. The molecule has 3 amide bonds. The Bertz CT molecular complexity index is 1170. The molecule has 4 N–H and O–H groups in total. The van der Waals surface area contributed by atoms with Crippen LogP contribution in [0.2, 0.25) is 0 Å². The summed E-state index contributed by atoms with van der Waals surface area (Å²) in [5.74, 6) is -1.90. The zero-order chi connectivity index (χ0) is 26.5. The summed E-state index contributed by atoms with van der Waals surface area (Å²) >= 11 is 0. The maximum atomic E-state index is 13.3. The average Bonchev–Trinajstić information content (AvgIpc) is 2.93. The van der Waals surface area contributed by atoms with Crippen molar-refractivity contribution in [1.82, 2.24) is 16.1 Å². The van der Waals surface area contributed by atoms with Crippen molar-refractivity contribution in [2.45, 2.75) is 64.5 Å². The molecule has 3 rings (SSSR count). The highest BCUT2D eigenvalue weighted by atomic mass is 16.5. The van der Waals surface area contributed by atoms with Gasteiger partial charge in [-0.05, 0) is 28.3 Å². The van der Waals surface area contributed by atoms with Gasteiger partial charge in [0.25, 0.3) is 0 Å². The maximum Gasteiger partial charge on any atom is 0.244 e. The van der Waals surface area contributed by atoms with E-state index in [2.05, 4.69) is 17.6 Å². The zero-order valence-electron chi connectivity index (χ0n) is 21.4. The minimum atomic E-state index is -0.812. The second-order valence-corrected chi connectivity index (χ2v) is 9.44. The van der Waals surface area contributed by atoms with Crippen LogP contribution in [-0.2, 0) is 27.3 Å². The Hall–Kier alpha value is -3.71. The van der Waals surface area contributed by atoms with Gasteiger partial charge in [0.2, 0.25) is 17.7 Å². The first-order valence-electron chi connectivity index (χ1n) is 13.0. The Morgan fingerprint density at radius 2 is 1.54 bits per heavy atom. The second kappa shape index (κ2) is 14.8. The first-order chi connectivity index (χ1) is 18.0. The van der Waals surface area contributed by atoms with E-state index in [0.717, 1.165) is 47.6 Å². The number of nitrogens with one attached hydrogen (secondary N) is 3. The number of hydrogen-bond acceptors (Lipinski definition) is 4. The lowest BCUT2D eigenvalue weighted by Gasteiger charge is -2.22. The van der Waals surface area contributed by atoms with Gasteiger partial charge >= 0.3 is 0 Å². The molecule has 7 nitrogen and oxygen atoms in total. The number of fused-ring (bicyclic) bond motifs is 1. The second-order valence-electron chi connectivity index (χ2n) is 9.44. The highest BCUT2D eigenvalue weighted by Crippen LogP contribution is 2.19. The molecule has 0 aromatic heterocycles. The molecule has 0 saturated heterocycles. The lowest BCUT2D eigenvalue weighted by atomic mass is 9.95. The molecule has 0 spiro atoms. The normalized spacial score (nSPS) is 12.5. The van der Waals surface area contributed by atoms with Gasteiger partial charge in [0, 0.05) is 25.3 Å². The van der Waals surface area contributed by atoms with Crippen LogP contribution >= 0.6 is 0 Å². The number of hydrogen-bond donors (Lipinski definition) is 4. The highest BCUT2D eigenvalue weighted by Gasteiger charge is 2.27. The molecule has 0 unspecified atom stereocenters. The predicted molar refractivity (Wildman–Crippen MR) is 145 cm³/mol. The molecule has 3 aromatic carbocycles. The summed E-state index contributed by atoms with van der Waals surface area (Å²) in [6.07, 6.45) is 4.54. The number of benzene rings is 3. The van der Waals surface area contributed by atoms with Crippen LogP contribution in [0.3, 0.4) is 0 Å². The third-order valence-electron chi connectivity index (χ3n) is 6.53. The molecule has 0 aliphatic rings. The van der Waals surface area contributed by atoms with Gasteiger partial charge in [-0.1, -0.05) is 105 Å². The van der Waals surface area contributed by atoms with Crippen molar-refractivity contribution in [2.75, 3.05) is 0 Å². The van der Waals surface area contributed by atoms with Crippen molar-refractivity contribution in [3.8, 4) is 0 Å². The van der Waals surface area contributed by atoms with Crippen molar-refractivity contribution in [2.24, 2.45) is 5.92 Å². The first kappa shape index (κ1) is 27.9. The molecule has 196 valence electrons. The van der Waals surface area contributed by atoms with Gasteiger partial charge in [0.1, 0.15) is 6.04 Å². The molecule has 3 aromatic rings. The summed E-state index contributed by atoms with van der Waals surface area (Å²) in [7, 11) is 0. The lowest BCUT2D eigenvalue weighted by molar-refractivity contribution is -0.136. The number of rotatable bonds is 14. The van der Waals surface area contributed by atoms with Crippen LogP contribution in [0.25, 0.3) is 10.8 Å². The van der Waals surface area contributed by atoms with Crippen molar-refractivity contribution < 1.29 is 19.6 Å². The van der Waals surface area contributed by atoms with Crippen LogP contribution in [0.1, 0.15) is 56.6 Å². The Kier molecular flexibility index (Phi) is 11.1. The third kappa shape index (κ3) is 9.03. The standard InChI is InChI=1S/C30H37N3O4/c1-2-3-4-8-15-26(20-28(34)33-37)29(35)32-27(30(36)31-21-22-11-6-5-7-12-22)19-23-16-17-24-13-9-10-14-25(24)18-23/h5-7,9-14,16-18,26-27,37H,2-4,8,15,19-21H2,1H3,(H,31,36)(H,32,35)(H,33,34)/t26-,27+/m1/s1. The van der Waals surface area contributed by atoms with E-state index < -0.39 is 17.9 Å². The van der Waals surface area contributed by atoms with Crippen LogP contribution in [0, 0.1) is 5.92 Å². The smallest absolute Gasteiger partial charge is 0.244 e. The maximum absolute atomic E-state index is 13.3. The molecule has 0 aliphatic heterocycles. The molecule has 0 fully saturated rings. The van der Waals surface area contributed by atoms with E-state index >= 15 is 0 Å². The van der Waals surface area contributed by atoms with Gasteiger partial charge in [-0.15, -0.1) is 0 Å². The first-order valence-corrected chi connectivity index (χ1v) is 13.0. The topological polar surface area (TPSA) is 108 Å². The number of unbranched alkanes of at least 4 members (excludes halogenated alkanes) is 3. The SMILES string of the molecule is CCCCCC[C@H](CC(=O)NO)C(=O)N[C@@H](Cc1ccc2ccccc2c1)C(=O)NCc1ccccc1. The van der Waals surface area contributed by atoms with Gasteiger partial charge in [-0.3, -0.25) is 19.6 Å². The third-order valence-corrected chi connectivity index (χ3v) is 6.53. The van der Waals surface area contributed by atoms with Crippen LogP contribution < -0.4 is 16.1 Å². The average molecular weight is 504 g/mol. The Labute approximate surface area is 218 Å². The van der Waals surface area contributed by atoms with Gasteiger partial charge in [-0.25, -0.2) is 5.48 Å². The number of amides is 3. The molecule has 0 saturated carbocycles. The van der Waals surface area contributed by atoms with Crippen LogP contribution in [0.15, 0.2) is 72.8 Å². The highest BCUT2D eigenvalue weighted by molar-refractivity contribution is 5.91. The molecule has 2 atom stereocenters. The molecular formula is C30H37N3O4. The molecule has 0 radical (unpaired) electrons. The molecular weight excluding hydrogens is 466 g/mol. The van der Waals surface area contributed by atoms with Gasteiger partial charge in [0.05, 0.1) is 0 Å². The molecule has 0 aliphatic carbocycles. The van der Waals surface area contributed by atoms with E-state index in [1.165, 1.54) is 0 Å². The molecule has 0 heterocycles. The van der Waals surface area contributed by atoms with Crippen LogP contribution in [0.5, 0.6) is 0 Å². The summed E-state index contributed by atoms with van der Waals surface area (Å²) < 4.78 is 0. The monoisotopic (exact) mass is 503 g/mol. The number of carbonyl (C=O) groups is 3. The van der Waals surface area contributed by atoms with Crippen LogP contribution in [0.4, 0.5) is 0 Å². The lowest BCUT2D eigenvalue weighted by Crippen LogP contribution is -2.50. The van der Waals surface area contributed by atoms with Crippen molar-refractivity contribution in [1.29, 1.82) is 0 Å². The van der Waals surface area contributed by atoms with Gasteiger partial charge in [-0.2, -0.15) is 0 Å². The minimum Gasteiger partial charge on any atom is -0.350 e. The molecule has 0 bridgehead atoms. The fourth-order valence-corrected chi connectivity index (χ4v) is 4.42. The Morgan fingerprint density at radius 1 is 0.811 bits per heavy atom. The van der Waals surface area contributed by atoms with Gasteiger partial charge in [0.15, 0.2) is 0 Å². The van der Waals surface area contributed by atoms with E-state index in [-0.39, 0.29) is 18.2 Å². The van der Waals surface area contributed by atoms with E-state index in [0.29, 0.717) is 19.4 Å². The minimum absolute atomic E-state index is 0.136. The van der Waals surface area contributed by atoms with Crippen molar-refractivity contribution in [3.63, 3.8) is 0 Å². The number of hydroxylamine groups is 1. The summed E-state index contributed by atoms with van der Waals surface area (Å²) in [6.45, 7) is 2.45. The van der Waals surface area contributed by atoms with E-state index in [1.807, 2.05) is 72.8 Å². The van der Waals surface area contributed by atoms with Gasteiger partial charge < -0.3 is 10.6 Å². The Morgan fingerprint density at radius 3 is 2.27 bits per heavy atom. The number of carbonyl (C=O) groups excluding carboxylic acids is 3. The fraction of sp³-hybridized carbons (Fsp3) is 0.367. The zero-order valence-corrected chi connectivity index (χ0v) is 21.4. The summed E-state index contributed by atoms with van der Waals surface area (Å²) in [4.78, 5) is 38.5. The molecule has 7 heteroatoms. The van der Waals surface area contributed by atoms with Crippen molar-refractivity contribution >= 4 is 28.5 Å².